The fraction of sp³-hybridized carbons (Fsp3) is 0.125. The van der Waals surface area contributed by atoms with Crippen LogP contribution >= 0.6 is 0 Å². The van der Waals surface area contributed by atoms with E-state index in [4.69, 9.17) is 9.47 Å². The number of nitrogens with zero attached hydrogens (tertiary/aromatic N) is 3. The van der Waals surface area contributed by atoms with Crippen LogP contribution in [0.3, 0.4) is 0 Å². The van der Waals surface area contributed by atoms with E-state index in [1.807, 2.05) is 54.6 Å². The lowest BCUT2D eigenvalue weighted by Gasteiger charge is -2.02. The number of ether oxygens (including phenoxy) is 2. The Hall–Kier alpha value is -2.82. The van der Waals surface area contributed by atoms with Crippen LogP contribution < -0.4 is 9.47 Å². The highest BCUT2D eigenvalue weighted by molar-refractivity contribution is 5.36. The van der Waals surface area contributed by atoms with E-state index in [2.05, 4.69) is 10.3 Å². The third-order valence-corrected chi connectivity index (χ3v) is 3.04. The zero-order valence-corrected chi connectivity index (χ0v) is 11.6. The molecular formula is C16H15N3O2. The highest BCUT2D eigenvalue weighted by Crippen LogP contribution is 2.16. The number of benzene rings is 2. The summed E-state index contributed by atoms with van der Waals surface area (Å²) in [7, 11) is 1.64. The summed E-state index contributed by atoms with van der Waals surface area (Å²) in [5.41, 5.74) is 1.99. The van der Waals surface area contributed by atoms with Crippen molar-refractivity contribution < 1.29 is 9.47 Å². The average Bonchev–Trinajstić information content (AvgIpc) is 3.03. The van der Waals surface area contributed by atoms with Gasteiger partial charge in [-0.1, -0.05) is 40.6 Å². The summed E-state index contributed by atoms with van der Waals surface area (Å²) in [5, 5.41) is 8.06. The van der Waals surface area contributed by atoms with Crippen molar-refractivity contribution in [2.24, 2.45) is 0 Å². The van der Waals surface area contributed by atoms with Gasteiger partial charge >= 0.3 is 0 Å². The molecule has 0 radical (unpaired) electrons. The summed E-state index contributed by atoms with van der Waals surface area (Å²) in [5.74, 6) is 1.30. The standard InChI is InChI=1S/C16H15N3O2/c1-20-15-9-7-14(8-10-15)19-11-16(17-18-19)21-12-13-5-3-2-4-6-13/h2-11H,12H2,1H3. The first-order valence-electron chi connectivity index (χ1n) is 6.58. The van der Waals surface area contributed by atoms with Crippen LogP contribution in [0.25, 0.3) is 5.69 Å². The minimum absolute atomic E-state index is 0.474. The Labute approximate surface area is 122 Å². The molecule has 0 fully saturated rings. The van der Waals surface area contributed by atoms with Gasteiger partial charge in [0.15, 0.2) is 0 Å². The van der Waals surface area contributed by atoms with E-state index in [0.717, 1.165) is 17.0 Å². The van der Waals surface area contributed by atoms with Gasteiger partial charge in [0.2, 0.25) is 0 Å². The van der Waals surface area contributed by atoms with Crippen molar-refractivity contribution in [3.63, 3.8) is 0 Å². The monoisotopic (exact) mass is 281 g/mol. The molecule has 0 N–H and O–H groups in total. The zero-order chi connectivity index (χ0) is 14.5. The Balaban J connectivity index is 1.68. The van der Waals surface area contributed by atoms with E-state index in [9.17, 15) is 0 Å². The lowest BCUT2D eigenvalue weighted by Crippen LogP contribution is -1.95. The normalized spacial score (nSPS) is 10.3. The summed E-state index contributed by atoms with van der Waals surface area (Å²) in [6, 6.07) is 17.5. The van der Waals surface area contributed by atoms with Crippen LogP contribution in [-0.2, 0) is 6.61 Å². The molecule has 0 saturated heterocycles. The summed E-state index contributed by atoms with van der Waals surface area (Å²) in [6.45, 7) is 0.474. The van der Waals surface area contributed by atoms with E-state index in [1.165, 1.54) is 0 Å². The van der Waals surface area contributed by atoms with Crippen LogP contribution in [-0.4, -0.2) is 22.1 Å². The van der Waals surface area contributed by atoms with Crippen LogP contribution in [0.4, 0.5) is 0 Å². The molecule has 0 spiro atoms. The van der Waals surface area contributed by atoms with Crippen molar-refractivity contribution in [1.82, 2.24) is 15.0 Å². The second kappa shape index (κ2) is 6.09. The second-order valence-corrected chi connectivity index (χ2v) is 4.47. The minimum Gasteiger partial charge on any atom is -0.497 e. The van der Waals surface area contributed by atoms with E-state index in [-0.39, 0.29) is 0 Å². The molecular weight excluding hydrogens is 266 g/mol. The molecule has 0 amide bonds. The number of methoxy groups -OCH3 is 1. The molecule has 0 saturated carbocycles. The first-order valence-corrected chi connectivity index (χ1v) is 6.58. The molecule has 106 valence electrons. The molecule has 3 rings (SSSR count). The fourth-order valence-electron chi connectivity index (χ4n) is 1.91. The third-order valence-electron chi connectivity index (χ3n) is 3.04. The van der Waals surface area contributed by atoms with Crippen LogP contribution in [0.1, 0.15) is 5.56 Å². The van der Waals surface area contributed by atoms with E-state index in [1.54, 1.807) is 18.0 Å². The van der Waals surface area contributed by atoms with Gasteiger partial charge in [0, 0.05) is 0 Å². The van der Waals surface area contributed by atoms with Crippen molar-refractivity contribution in [1.29, 1.82) is 0 Å². The van der Waals surface area contributed by atoms with Crippen LogP contribution in [0.5, 0.6) is 11.6 Å². The number of hydrogen-bond donors (Lipinski definition) is 0. The van der Waals surface area contributed by atoms with Crippen molar-refractivity contribution in [2.75, 3.05) is 7.11 Å². The molecule has 0 unspecified atom stereocenters. The maximum atomic E-state index is 5.62. The highest BCUT2D eigenvalue weighted by Gasteiger charge is 2.04. The lowest BCUT2D eigenvalue weighted by molar-refractivity contribution is 0.293. The summed E-state index contributed by atoms with van der Waals surface area (Å²) in [4.78, 5) is 0. The Morgan fingerprint density at radius 1 is 1.00 bits per heavy atom. The largest absolute Gasteiger partial charge is 0.497 e. The molecule has 2 aromatic carbocycles. The second-order valence-electron chi connectivity index (χ2n) is 4.47. The van der Waals surface area contributed by atoms with Gasteiger partial charge < -0.3 is 9.47 Å². The predicted molar refractivity (Wildman–Crippen MR) is 78.7 cm³/mol. The summed E-state index contributed by atoms with van der Waals surface area (Å²) in [6.07, 6.45) is 1.75. The Bertz CT molecular complexity index is 693. The molecule has 5 heteroatoms. The van der Waals surface area contributed by atoms with Crippen molar-refractivity contribution >= 4 is 0 Å². The van der Waals surface area contributed by atoms with Gasteiger partial charge in [0.1, 0.15) is 12.4 Å². The quantitative estimate of drug-likeness (QED) is 0.721. The van der Waals surface area contributed by atoms with Crippen molar-refractivity contribution in [3.05, 3.63) is 66.4 Å². The summed E-state index contributed by atoms with van der Waals surface area (Å²) >= 11 is 0. The highest BCUT2D eigenvalue weighted by atomic mass is 16.5. The van der Waals surface area contributed by atoms with Gasteiger partial charge in [-0.15, -0.1) is 0 Å². The van der Waals surface area contributed by atoms with Gasteiger partial charge in [-0.05, 0) is 29.8 Å². The van der Waals surface area contributed by atoms with Crippen LogP contribution in [0.2, 0.25) is 0 Å². The molecule has 21 heavy (non-hydrogen) atoms. The fourth-order valence-corrected chi connectivity index (χ4v) is 1.91. The van der Waals surface area contributed by atoms with Gasteiger partial charge in [0.25, 0.3) is 5.88 Å². The number of hydrogen-bond acceptors (Lipinski definition) is 4. The maximum absolute atomic E-state index is 5.62. The molecule has 0 aliphatic carbocycles. The molecule has 0 aliphatic rings. The zero-order valence-electron chi connectivity index (χ0n) is 11.6. The molecule has 0 bridgehead atoms. The average molecular weight is 281 g/mol. The summed E-state index contributed by atoms with van der Waals surface area (Å²) < 4.78 is 12.4. The van der Waals surface area contributed by atoms with E-state index in [0.29, 0.717) is 12.5 Å². The first kappa shape index (κ1) is 13.2. The van der Waals surface area contributed by atoms with Gasteiger partial charge in [-0.3, -0.25) is 0 Å². The molecule has 0 aliphatic heterocycles. The topological polar surface area (TPSA) is 49.2 Å². The third kappa shape index (κ3) is 3.20. The number of rotatable bonds is 5. The molecule has 5 nitrogen and oxygen atoms in total. The maximum Gasteiger partial charge on any atom is 0.254 e. The minimum atomic E-state index is 0.474. The molecule has 0 atom stereocenters. The van der Waals surface area contributed by atoms with Crippen LogP contribution in [0, 0.1) is 0 Å². The molecule has 1 aromatic heterocycles. The smallest absolute Gasteiger partial charge is 0.254 e. The van der Waals surface area contributed by atoms with Gasteiger partial charge in [-0.25, -0.2) is 4.68 Å². The predicted octanol–water partition coefficient (Wildman–Crippen LogP) is 2.85. The SMILES string of the molecule is COc1ccc(-n2cc(OCc3ccccc3)nn2)cc1. The first-order chi connectivity index (χ1) is 10.3. The lowest BCUT2D eigenvalue weighted by atomic mass is 10.2. The molecule has 3 aromatic rings. The number of aromatic nitrogens is 3. The van der Waals surface area contributed by atoms with Gasteiger partial charge in [-0.2, -0.15) is 0 Å². The Morgan fingerprint density at radius 2 is 1.76 bits per heavy atom. The van der Waals surface area contributed by atoms with Crippen molar-refractivity contribution in [2.45, 2.75) is 6.61 Å². The Kier molecular flexibility index (Phi) is 3.82. The van der Waals surface area contributed by atoms with Crippen molar-refractivity contribution in [3.8, 4) is 17.3 Å². The van der Waals surface area contributed by atoms with E-state index < -0.39 is 0 Å². The van der Waals surface area contributed by atoms with E-state index >= 15 is 0 Å². The molecule has 1 heterocycles. The van der Waals surface area contributed by atoms with Crippen LogP contribution in [0.15, 0.2) is 60.8 Å². The Morgan fingerprint density at radius 3 is 2.48 bits per heavy atom. The van der Waals surface area contributed by atoms with Gasteiger partial charge in [0.05, 0.1) is 19.0 Å².